The molecule has 9 aliphatic rings. The van der Waals surface area contributed by atoms with Crippen molar-refractivity contribution in [1.29, 1.82) is 0 Å². The fourth-order valence-corrected chi connectivity index (χ4v) is 16.2. The average molecular weight is 1880 g/mol. The van der Waals surface area contributed by atoms with Crippen molar-refractivity contribution in [2.45, 2.75) is 377 Å². The van der Waals surface area contributed by atoms with Crippen molar-refractivity contribution in [2.24, 2.45) is 34.6 Å². The van der Waals surface area contributed by atoms with Crippen molar-refractivity contribution >= 4 is 138 Å². The lowest BCUT2D eigenvalue weighted by Crippen LogP contribution is -2.53. The molecule has 2 aliphatic heterocycles. The van der Waals surface area contributed by atoms with Crippen molar-refractivity contribution in [1.82, 2.24) is 25.6 Å². The number of carbonyl (C=O) groups is 4. The van der Waals surface area contributed by atoms with Crippen LogP contribution in [0.25, 0.3) is 32.7 Å². The molecule has 706 valence electrons. The number of alkyl halides is 2. The summed E-state index contributed by atoms with van der Waals surface area (Å²) in [6, 6.07) is 27.7. The van der Waals surface area contributed by atoms with E-state index in [0.717, 1.165) is 176 Å². The first-order valence-electron chi connectivity index (χ1n) is 44.9. The van der Waals surface area contributed by atoms with Gasteiger partial charge in [-0.05, 0) is 310 Å². The Morgan fingerprint density at radius 2 is 0.754 bits per heavy atom. The molecule has 0 radical (unpaired) electrons. The maximum atomic E-state index is 11.5. The van der Waals surface area contributed by atoms with Gasteiger partial charge in [0.15, 0.2) is 0 Å². The molecule has 2 saturated heterocycles. The number of halogens is 6. The number of amides is 1. The summed E-state index contributed by atoms with van der Waals surface area (Å²) in [7, 11) is 0. The Labute approximate surface area is 777 Å². The number of ketones is 1. The van der Waals surface area contributed by atoms with Gasteiger partial charge in [0, 0.05) is 160 Å². The van der Waals surface area contributed by atoms with E-state index in [1.807, 2.05) is 103 Å². The molecule has 14 N–H and O–H groups in total. The number of ether oxygens (including phenoxy) is 6. The van der Waals surface area contributed by atoms with Gasteiger partial charge in [-0.1, -0.05) is 53.3 Å². The van der Waals surface area contributed by atoms with Crippen LogP contribution in [0.2, 0.25) is 20.1 Å². The molecule has 26 nitrogen and oxygen atoms in total. The molecule has 3 aromatic heterocycles. The minimum absolute atomic E-state index is 0.194. The van der Waals surface area contributed by atoms with Crippen LogP contribution in [0.5, 0.6) is 0 Å². The molecule has 7 saturated carbocycles. The standard InChI is InChI=1S/C25H34ClN3O3.C15H18ClN3.C12H23NO2.C10H18O5.C10H16O4.C9H5Cl2N.2C6H14N2.CH2Cl2/c1-24(2)16-30-25(32-31-24)12-9-20(10-13-25)28-18-4-6-19(7-5-18)29-22-11-14-27-23-15-17(26)3-8-21(22)23;16-10-1-6-13-14(7-8-18-15(13)9-10)19-12-4-2-11(17)3-5-12;1-9-5-7-10(8-6-9)13-11(14)15-12(2,3)4;1-9(2,3)14-7(11)13-8(12)15-10(4,5)6;1-9(2)7-12-10(14-13-9)5-3-8(11)4-6-10;10-6-1-2-7-8(11)3-4-12-9(7)5-6;2*7-5-1-2-6(8)4-3-5;2-1-3/h3,8,11,14-15,18-20,28H,4-7,9-10,12-13,16H2,1-2H3,(H,27,29);1,6-9,11-12H,2-5,17H2,(H,18,19);9-10H,5-8H2,1-4H3,(H,13,14);1-6H3;3-7H2,1-2H3;1-5H;2*5-6H,1-4,7-8H2;1H2. The summed E-state index contributed by atoms with van der Waals surface area (Å²) in [6.45, 7) is 26.8. The van der Waals surface area contributed by atoms with Gasteiger partial charge in [0.1, 0.15) is 33.8 Å². The maximum absolute atomic E-state index is 11.5. The van der Waals surface area contributed by atoms with E-state index < -0.39 is 40.7 Å². The van der Waals surface area contributed by atoms with Crippen LogP contribution in [0.4, 0.5) is 25.8 Å². The average Bonchev–Trinajstić information content (AvgIpc) is 0.766. The third kappa shape index (κ3) is 40.7. The number of aromatic nitrogens is 3. The second-order valence-corrected chi connectivity index (χ2v) is 41.3. The van der Waals surface area contributed by atoms with E-state index in [4.69, 9.17) is 142 Å². The van der Waals surface area contributed by atoms with Gasteiger partial charge < -0.3 is 78.4 Å². The summed E-state index contributed by atoms with van der Waals surface area (Å²) in [5.41, 5.74) is 31.0. The predicted octanol–water partition coefficient (Wildman–Crippen LogP) is 22.1. The van der Waals surface area contributed by atoms with Gasteiger partial charge in [-0.3, -0.25) is 19.7 Å². The van der Waals surface area contributed by atoms with E-state index in [1.165, 1.54) is 38.5 Å². The highest BCUT2D eigenvalue weighted by Gasteiger charge is 2.47. The van der Waals surface area contributed by atoms with Gasteiger partial charge in [0.25, 0.3) is 0 Å². The number of benzene rings is 3. The molecular weight excluding hydrogens is 1730 g/mol. The zero-order valence-electron chi connectivity index (χ0n) is 76.6. The van der Waals surface area contributed by atoms with Crippen LogP contribution < -0.4 is 49.9 Å². The highest BCUT2D eigenvalue weighted by molar-refractivity contribution is 6.40. The van der Waals surface area contributed by atoms with Gasteiger partial charge >= 0.3 is 18.4 Å². The van der Waals surface area contributed by atoms with E-state index in [9.17, 15) is 19.2 Å². The highest BCUT2D eigenvalue weighted by Crippen LogP contribution is 2.41. The fourth-order valence-electron chi connectivity index (χ4n) is 15.5. The molecule has 0 unspecified atom stereocenters. The lowest BCUT2D eigenvalue weighted by molar-refractivity contribution is -0.511. The number of hydrogen-bond acceptors (Lipinski definition) is 25. The zero-order chi connectivity index (χ0) is 92.6. The minimum Gasteiger partial charge on any atom is -0.444 e. The fraction of sp³-hybridized carbons (Fsp3) is 0.670. The number of nitrogens with two attached hydrogens (primary N) is 5. The van der Waals surface area contributed by atoms with E-state index in [2.05, 4.69) is 60.0 Å². The first-order chi connectivity index (χ1) is 59.3. The summed E-state index contributed by atoms with van der Waals surface area (Å²) in [4.78, 5) is 79.3. The monoisotopic (exact) mass is 1870 g/mol. The number of nitrogens with zero attached hydrogens (tertiary/aromatic N) is 3. The Bertz CT molecular complexity index is 4180. The number of pyridine rings is 3. The van der Waals surface area contributed by atoms with E-state index in [0.29, 0.717) is 109 Å². The normalized spacial score (nSPS) is 26.1. The van der Waals surface area contributed by atoms with E-state index >= 15 is 0 Å². The van der Waals surface area contributed by atoms with Crippen molar-refractivity contribution in [3.05, 3.63) is 111 Å². The number of fused-ring (bicyclic) bond motifs is 3. The van der Waals surface area contributed by atoms with E-state index in [1.54, 1.807) is 65.9 Å². The largest absolute Gasteiger partial charge is 0.519 e. The van der Waals surface area contributed by atoms with Crippen molar-refractivity contribution in [2.75, 3.05) is 29.2 Å². The Balaban J connectivity index is 0.000000205. The van der Waals surface area contributed by atoms with Crippen molar-refractivity contribution in [3.8, 4) is 0 Å². The zero-order valence-corrected chi connectivity index (χ0v) is 81.2. The number of Topliss-reactive ketones (excluding diaryl/α,β-unsaturated/α-hetero) is 1. The lowest BCUT2D eigenvalue weighted by atomic mass is 9.86. The molecule has 2 spiro atoms. The van der Waals surface area contributed by atoms with Gasteiger partial charge in [0.05, 0.1) is 40.1 Å². The number of hydrogen-bond donors (Lipinski definition) is 9. The second kappa shape index (κ2) is 51.5. The Hall–Kier alpha value is -5.57. The van der Waals surface area contributed by atoms with Crippen molar-refractivity contribution < 1.29 is 67.1 Å². The first kappa shape index (κ1) is 107. The molecule has 0 bridgehead atoms. The topological polar surface area (TPSA) is 377 Å². The molecule has 3 aromatic carbocycles. The number of nitrogens with one attached hydrogen (secondary N) is 4. The quantitative estimate of drug-likeness (QED) is 0.0236. The lowest BCUT2D eigenvalue weighted by Gasteiger charge is -2.45. The molecule has 0 atom stereocenters. The van der Waals surface area contributed by atoms with Crippen LogP contribution >= 0.6 is 69.6 Å². The van der Waals surface area contributed by atoms with Crippen LogP contribution in [-0.4, -0.2) is 158 Å². The maximum Gasteiger partial charge on any atom is 0.519 e. The Morgan fingerprint density at radius 1 is 0.429 bits per heavy atom. The summed E-state index contributed by atoms with van der Waals surface area (Å²) < 4.78 is 30.8. The smallest absolute Gasteiger partial charge is 0.444 e. The third-order valence-electron chi connectivity index (χ3n) is 22.6. The van der Waals surface area contributed by atoms with Crippen LogP contribution in [0.15, 0.2) is 91.4 Å². The minimum atomic E-state index is -1.06. The molecular formula is C94H144Cl6N12O14. The summed E-state index contributed by atoms with van der Waals surface area (Å²) >= 11 is 33.4. The number of rotatable bonds is 7. The van der Waals surface area contributed by atoms with E-state index in [-0.39, 0.29) is 28.4 Å². The van der Waals surface area contributed by atoms with Crippen LogP contribution in [0, 0.1) is 5.92 Å². The van der Waals surface area contributed by atoms with Crippen LogP contribution in [0.1, 0.15) is 277 Å². The summed E-state index contributed by atoms with van der Waals surface area (Å²) in [6.07, 6.45) is 31.9. The highest BCUT2D eigenvalue weighted by atomic mass is 35.5. The van der Waals surface area contributed by atoms with Gasteiger partial charge in [-0.2, -0.15) is 0 Å². The molecule has 6 aromatic rings. The second-order valence-electron chi connectivity index (χ2n) is 38.8. The summed E-state index contributed by atoms with van der Waals surface area (Å²) in [5, 5.41) is 20.4. The molecule has 7 aliphatic carbocycles. The Kier molecular flexibility index (Phi) is 43.9. The summed E-state index contributed by atoms with van der Waals surface area (Å²) in [5.74, 6) is -0.0923. The number of alkyl carbamates (subject to hydrolysis) is 1. The SMILES string of the molecule is CC(C)(C)OC(=O)OC(=O)OC(C)(C)C.CC1(C)COC2(CCC(=O)CC2)OO1.CC1(C)COC2(CCC(NC3CCC(Nc4ccnc5cc(Cl)ccc45)CC3)CC2)OO1.CC1CCC(NC(=O)OC(C)(C)C)CC1.ClCCl.Clc1ccc2c(Cl)ccnc2c1.NC1CCC(N)CC1.NC1CCC(N)CC1.NC1CCC(Nc2ccnc3cc(Cl)ccc23)CC1. The molecule has 15 rings (SSSR count). The molecule has 9 fully saturated rings. The Morgan fingerprint density at radius 3 is 1.13 bits per heavy atom. The van der Waals surface area contributed by atoms with Crippen LogP contribution in [0.3, 0.4) is 0 Å². The van der Waals surface area contributed by atoms with Gasteiger partial charge in [-0.15, -0.1) is 23.2 Å². The number of carbonyl (C=O) groups excluding carboxylic acids is 4. The third-order valence-corrected chi connectivity index (χ3v) is 23.6. The molecule has 1 amide bonds. The predicted molar refractivity (Wildman–Crippen MR) is 507 cm³/mol. The molecule has 5 heterocycles. The van der Waals surface area contributed by atoms with Crippen LogP contribution in [-0.2, 0) is 52.8 Å². The number of anilines is 2. The van der Waals surface area contributed by atoms with Gasteiger partial charge in [-0.25, -0.2) is 33.9 Å². The van der Waals surface area contributed by atoms with Crippen molar-refractivity contribution in [3.63, 3.8) is 0 Å². The molecule has 32 heteroatoms. The molecule has 126 heavy (non-hydrogen) atoms. The van der Waals surface area contributed by atoms with Gasteiger partial charge in [0.2, 0.25) is 11.6 Å². The first-order valence-corrected chi connectivity index (χ1v) is 47.5.